The molecule has 0 spiro atoms. The van der Waals surface area contributed by atoms with E-state index in [0.29, 0.717) is 23.1 Å². The number of piperidine rings is 1. The Labute approximate surface area is 174 Å². The fourth-order valence-electron chi connectivity index (χ4n) is 3.24. The van der Waals surface area contributed by atoms with Crippen molar-refractivity contribution in [1.29, 1.82) is 0 Å². The Bertz CT molecular complexity index is 1090. The number of amidine groups is 1. The number of anilines is 1. The summed E-state index contributed by atoms with van der Waals surface area (Å²) in [7, 11) is -4.34. The van der Waals surface area contributed by atoms with Crippen molar-refractivity contribution in [1.82, 2.24) is 0 Å². The van der Waals surface area contributed by atoms with Crippen molar-refractivity contribution in [2.24, 2.45) is 15.5 Å². The van der Waals surface area contributed by atoms with Gasteiger partial charge >= 0.3 is 5.69 Å². The average Bonchev–Trinajstić information content (AvgIpc) is 2.67. The summed E-state index contributed by atoms with van der Waals surface area (Å²) in [5.41, 5.74) is 6.66. The summed E-state index contributed by atoms with van der Waals surface area (Å²) in [5.74, 6) is -1.39. The van der Waals surface area contributed by atoms with Gasteiger partial charge in [0.05, 0.1) is 9.82 Å². The SMILES string of the molecule is CC1(C)CCN(c2ccc(/C(N)=N\S(=O)(=O)c3ccc(F)c([N+](=O)[O-])c3)cc2)CC1. The molecule has 10 heteroatoms. The molecule has 1 aliphatic heterocycles. The summed E-state index contributed by atoms with van der Waals surface area (Å²) in [5, 5.41) is 10.8. The van der Waals surface area contributed by atoms with Gasteiger partial charge in [0.25, 0.3) is 10.0 Å². The number of nitro groups is 1. The number of benzene rings is 2. The van der Waals surface area contributed by atoms with E-state index < -0.39 is 31.3 Å². The first-order valence-corrected chi connectivity index (χ1v) is 10.8. The van der Waals surface area contributed by atoms with E-state index in [0.717, 1.165) is 37.7 Å². The molecule has 2 aromatic rings. The minimum Gasteiger partial charge on any atom is -0.383 e. The zero-order valence-corrected chi connectivity index (χ0v) is 17.5. The molecule has 0 unspecified atom stereocenters. The number of nitro benzene ring substituents is 1. The fourth-order valence-corrected chi connectivity index (χ4v) is 4.21. The third-order valence-corrected chi connectivity index (χ3v) is 6.56. The Hall–Kier alpha value is -3.01. The minimum atomic E-state index is -4.34. The summed E-state index contributed by atoms with van der Waals surface area (Å²) < 4.78 is 41.9. The number of halogens is 1. The lowest BCUT2D eigenvalue weighted by atomic mass is 9.82. The molecule has 0 aromatic heterocycles. The molecule has 0 bridgehead atoms. The van der Waals surface area contributed by atoms with Crippen molar-refractivity contribution in [3.05, 3.63) is 64.0 Å². The molecule has 1 fully saturated rings. The van der Waals surface area contributed by atoms with E-state index in [1.54, 1.807) is 12.1 Å². The first kappa shape index (κ1) is 21.7. The second-order valence-electron chi connectivity index (χ2n) is 8.02. The van der Waals surface area contributed by atoms with Crippen LogP contribution in [0.5, 0.6) is 0 Å². The quantitative estimate of drug-likeness (QED) is 0.333. The number of sulfonamides is 1. The van der Waals surface area contributed by atoms with Crippen molar-refractivity contribution in [3.8, 4) is 0 Å². The van der Waals surface area contributed by atoms with Gasteiger partial charge in [0, 0.05) is 30.4 Å². The van der Waals surface area contributed by atoms with E-state index in [-0.39, 0.29) is 5.84 Å². The molecule has 0 radical (unpaired) electrons. The van der Waals surface area contributed by atoms with Gasteiger partial charge in [-0.05, 0) is 54.7 Å². The van der Waals surface area contributed by atoms with Crippen LogP contribution in [-0.4, -0.2) is 32.3 Å². The van der Waals surface area contributed by atoms with Gasteiger partial charge in [-0.3, -0.25) is 10.1 Å². The van der Waals surface area contributed by atoms with E-state index in [1.165, 1.54) is 0 Å². The summed E-state index contributed by atoms with van der Waals surface area (Å²) in [6, 6.07) is 9.31. The lowest BCUT2D eigenvalue weighted by Crippen LogP contribution is -2.37. The molecule has 0 aliphatic carbocycles. The molecule has 0 atom stereocenters. The van der Waals surface area contributed by atoms with E-state index in [1.807, 2.05) is 12.1 Å². The molecular formula is C20H23FN4O4S. The highest BCUT2D eigenvalue weighted by Crippen LogP contribution is 2.32. The van der Waals surface area contributed by atoms with Gasteiger partial charge in [0.15, 0.2) is 0 Å². The number of nitrogens with zero attached hydrogens (tertiary/aromatic N) is 3. The molecule has 3 rings (SSSR count). The van der Waals surface area contributed by atoms with Gasteiger partial charge < -0.3 is 10.6 Å². The number of hydrogen-bond donors (Lipinski definition) is 1. The normalized spacial score (nSPS) is 17.0. The standard InChI is InChI=1S/C20H23FN4O4S/c1-20(2)9-11-24(12-10-20)15-5-3-14(4-6-15)19(22)23-30(28,29)16-7-8-17(21)18(13-16)25(26)27/h3-8,13H,9-12H2,1-2H3,(H2,22,23). The van der Waals surface area contributed by atoms with Crippen LogP contribution < -0.4 is 10.6 Å². The molecule has 2 aromatic carbocycles. The third kappa shape index (κ3) is 4.76. The van der Waals surface area contributed by atoms with Crippen LogP contribution in [0.2, 0.25) is 0 Å². The lowest BCUT2D eigenvalue weighted by molar-refractivity contribution is -0.387. The molecule has 0 saturated carbocycles. The molecule has 1 aliphatic rings. The van der Waals surface area contributed by atoms with Crippen LogP contribution in [0.4, 0.5) is 15.8 Å². The van der Waals surface area contributed by atoms with Crippen LogP contribution in [-0.2, 0) is 10.0 Å². The summed E-state index contributed by atoms with van der Waals surface area (Å²) in [6.07, 6.45) is 2.17. The van der Waals surface area contributed by atoms with Crippen LogP contribution in [0, 0.1) is 21.3 Å². The molecule has 1 heterocycles. The Morgan fingerprint density at radius 2 is 1.77 bits per heavy atom. The topological polar surface area (TPSA) is 119 Å². The maximum Gasteiger partial charge on any atom is 0.306 e. The van der Waals surface area contributed by atoms with Crippen LogP contribution in [0.1, 0.15) is 32.3 Å². The Balaban J connectivity index is 1.81. The second-order valence-corrected chi connectivity index (χ2v) is 9.62. The number of nitrogens with two attached hydrogens (primary N) is 1. The number of rotatable bonds is 5. The predicted molar refractivity (Wildman–Crippen MR) is 113 cm³/mol. The maximum absolute atomic E-state index is 13.5. The second kappa shape index (κ2) is 8.02. The summed E-state index contributed by atoms with van der Waals surface area (Å²) in [6.45, 7) is 6.38. The van der Waals surface area contributed by atoms with Gasteiger partial charge in [-0.25, -0.2) is 0 Å². The van der Waals surface area contributed by atoms with Crippen molar-refractivity contribution >= 4 is 27.2 Å². The zero-order chi connectivity index (χ0) is 22.1. The molecule has 2 N–H and O–H groups in total. The minimum absolute atomic E-state index is 0.256. The van der Waals surface area contributed by atoms with Crippen LogP contribution >= 0.6 is 0 Å². The predicted octanol–water partition coefficient (Wildman–Crippen LogP) is 3.45. The highest BCUT2D eigenvalue weighted by molar-refractivity contribution is 7.90. The van der Waals surface area contributed by atoms with Crippen LogP contribution in [0.3, 0.4) is 0 Å². The van der Waals surface area contributed by atoms with E-state index in [9.17, 15) is 22.9 Å². The average molecular weight is 434 g/mol. The van der Waals surface area contributed by atoms with Crippen LogP contribution in [0.25, 0.3) is 0 Å². The Kier molecular flexibility index (Phi) is 5.80. The smallest absolute Gasteiger partial charge is 0.306 e. The Morgan fingerprint density at radius 3 is 2.33 bits per heavy atom. The largest absolute Gasteiger partial charge is 0.383 e. The van der Waals surface area contributed by atoms with Crippen LogP contribution in [0.15, 0.2) is 51.8 Å². The highest BCUT2D eigenvalue weighted by atomic mass is 32.2. The summed E-state index contributed by atoms with van der Waals surface area (Å²) >= 11 is 0. The first-order chi connectivity index (χ1) is 14.0. The summed E-state index contributed by atoms with van der Waals surface area (Å²) in [4.78, 5) is 11.6. The zero-order valence-electron chi connectivity index (χ0n) is 16.7. The van der Waals surface area contributed by atoms with Gasteiger partial charge in [-0.1, -0.05) is 13.8 Å². The van der Waals surface area contributed by atoms with E-state index >= 15 is 0 Å². The monoisotopic (exact) mass is 434 g/mol. The third-order valence-electron chi connectivity index (χ3n) is 5.28. The van der Waals surface area contributed by atoms with Gasteiger partial charge in [0.1, 0.15) is 5.84 Å². The Morgan fingerprint density at radius 1 is 1.17 bits per heavy atom. The molecule has 1 saturated heterocycles. The molecular weight excluding hydrogens is 411 g/mol. The van der Waals surface area contributed by atoms with Crippen molar-refractivity contribution in [2.75, 3.05) is 18.0 Å². The number of hydrogen-bond acceptors (Lipinski definition) is 5. The van der Waals surface area contributed by atoms with Crippen molar-refractivity contribution in [2.45, 2.75) is 31.6 Å². The molecule has 0 amide bonds. The van der Waals surface area contributed by atoms with Gasteiger partial charge in [0.2, 0.25) is 5.82 Å². The first-order valence-electron chi connectivity index (χ1n) is 9.38. The van der Waals surface area contributed by atoms with E-state index in [2.05, 4.69) is 23.1 Å². The van der Waals surface area contributed by atoms with Crippen molar-refractivity contribution in [3.63, 3.8) is 0 Å². The van der Waals surface area contributed by atoms with Gasteiger partial charge in [-0.2, -0.15) is 12.8 Å². The van der Waals surface area contributed by atoms with Gasteiger partial charge in [-0.15, -0.1) is 4.40 Å². The fraction of sp³-hybridized carbons (Fsp3) is 0.350. The molecule has 160 valence electrons. The van der Waals surface area contributed by atoms with E-state index in [4.69, 9.17) is 5.73 Å². The molecule has 30 heavy (non-hydrogen) atoms. The molecule has 8 nitrogen and oxygen atoms in total. The maximum atomic E-state index is 13.5. The highest BCUT2D eigenvalue weighted by Gasteiger charge is 2.25. The van der Waals surface area contributed by atoms with Crippen molar-refractivity contribution < 1.29 is 17.7 Å². The lowest BCUT2D eigenvalue weighted by Gasteiger charge is -2.38.